The zero-order chi connectivity index (χ0) is 14.2. The zero-order valence-corrected chi connectivity index (χ0v) is 12.6. The molecule has 0 spiro atoms. The SMILES string of the molecule is COCCNCCN(C)CC1COc2ccccc2C1. The fraction of sp³-hybridized carbons (Fsp3) is 0.625. The first-order valence-electron chi connectivity index (χ1n) is 7.38. The normalized spacial score (nSPS) is 17.9. The van der Waals surface area contributed by atoms with Crippen LogP contribution in [0.5, 0.6) is 5.75 Å². The van der Waals surface area contributed by atoms with Crippen molar-refractivity contribution in [3.63, 3.8) is 0 Å². The van der Waals surface area contributed by atoms with Gasteiger partial charge in [-0.15, -0.1) is 0 Å². The van der Waals surface area contributed by atoms with Gasteiger partial charge >= 0.3 is 0 Å². The lowest BCUT2D eigenvalue weighted by Gasteiger charge is -2.29. The number of methoxy groups -OCH3 is 1. The number of rotatable bonds is 8. The van der Waals surface area contributed by atoms with Crippen LogP contribution in [0.3, 0.4) is 0 Å². The first kappa shape index (κ1) is 15.3. The summed E-state index contributed by atoms with van der Waals surface area (Å²) in [5.74, 6) is 1.65. The lowest BCUT2D eigenvalue weighted by molar-refractivity contribution is 0.173. The van der Waals surface area contributed by atoms with Crippen LogP contribution in [-0.4, -0.2) is 58.5 Å². The Hall–Kier alpha value is -1.10. The van der Waals surface area contributed by atoms with Crippen LogP contribution in [0.1, 0.15) is 5.56 Å². The topological polar surface area (TPSA) is 33.7 Å². The van der Waals surface area contributed by atoms with Crippen LogP contribution in [0.15, 0.2) is 24.3 Å². The third-order valence-corrected chi connectivity index (χ3v) is 3.68. The summed E-state index contributed by atoms with van der Waals surface area (Å²) in [6.45, 7) is 5.67. The largest absolute Gasteiger partial charge is 0.493 e. The van der Waals surface area contributed by atoms with E-state index in [-0.39, 0.29) is 0 Å². The third kappa shape index (κ3) is 4.78. The molecule has 0 saturated heterocycles. The summed E-state index contributed by atoms with van der Waals surface area (Å²) in [5, 5.41) is 3.37. The second-order valence-electron chi connectivity index (χ2n) is 5.49. The number of nitrogens with zero attached hydrogens (tertiary/aromatic N) is 1. The van der Waals surface area contributed by atoms with Crippen LogP contribution in [0, 0.1) is 5.92 Å². The molecular weight excluding hydrogens is 252 g/mol. The molecule has 0 fully saturated rings. The molecule has 1 aromatic rings. The number of benzene rings is 1. The first-order valence-corrected chi connectivity index (χ1v) is 7.38. The Kier molecular flexibility index (Phi) is 6.30. The van der Waals surface area contributed by atoms with E-state index in [1.165, 1.54) is 5.56 Å². The molecule has 0 aliphatic carbocycles. The molecule has 0 aromatic heterocycles. The van der Waals surface area contributed by atoms with E-state index in [9.17, 15) is 0 Å². The molecule has 1 heterocycles. The first-order chi connectivity index (χ1) is 9.79. The van der Waals surface area contributed by atoms with E-state index >= 15 is 0 Å². The van der Waals surface area contributed by atoms with Gasteiger partial charge in [0, 0.05) is 39.2 Å². The Morgan fingerprint density at radius 3 is 3.05 bits per heavy atom. The van der Waals surface area contributed by atoms with Crippen LogP contribution < -0.4 is 10.1 Å². The van der Waals surface area contributed by atoms with Crippen molar-refractivity contribution in [2.75, 3.05) is 53.6 Å². The highest BCUT2D eigenvalue weighted by atomic mass is 16.5. The molecular formula is C16H26N2O2. The number of fused-ring (bicyclic) bond motifs is 1. The third-order valence-electron chi connectivity index (χ3n) is 3.68. The van der Waals surface area contributed by atoms with Gasteiger partial charge < -0.3 is 19.7 Å². The van der Waals surface area contributed by atoms with Gasteiger partial charge in [-0.2, -0.15) is 0 Å². The van der Waals surface area contributed by atoms with Crippen molar-refractivity contribution < 1.29 is 9.47 Å². The molecule has 1 aromatic carbocycles. The van der Waals surface area contributed by atoms with Gasteiger partial charge in [-0.3, -0.25) is 0 Å². The fourth-order valence-corrected chi connectivity index (χ4v) is 2.61. The van der Waals surface area contributed by atoms with Crippen LogP contribution in [0.25, 0.3) is 0 Å². The van der Waals surface area contributed by atoms with Crippen molar-refractivity contribution in [1.82, 2.24) is 10.2 Å². The van der Waals surface area contributed by atoms with Gasteiger partial charge in [0.1, 0.15) is 5.75 Å². The summed E-state index contributed by atoms with van der Waals surface area (Å²) in [7, 11) is 3.91. The maximum Gasteiger partial charge on any atom is 0.122 e. The van der Waals surface area contributed by atoms with E-state index in [0.29, 0.717) is 5.92 Å². The second kappa shape index (κ2) is 8.25. The monoisotopic (exact) mass is 278 g/mol. The summed E-state index contributed by atoms with van der Waals surface area (Å²) >= 11 is 0. The van der Waals surface area contributed by atoms with E-state index in [1.807, 2.05) is 6.07 Å². The fourth-order valence-electron chi connectivity index (χ4n) is 2.61. The van der Waals surface area contributed by atoms with Crippen molar-refractivity contribution in [3.8, 4) is 5.75 Å². The van der Waals surface area contributed by atoms with Gasteiger partial charge in [0.05, 0.1) is 13.2 Å². The smallest absolute Gasteiger partial charge is 0.122 e. The van der Waals surface area contributed by atoms with Crippen molar-refractivity contribution in [3.05, 3.63) is 29.8 Å². The van der Waals surface area contributed by atoms with Crippen molar-refractivity contribution in [1.29, 1.82) is 0 Å². The molecule has 1 aliphatic rings. The molecule has 0 radical (unpaired) electrons. The molecule has 0 amide bonds. The summed E-state index contributed by atoms with van der Waals surface area (Å²) in [6.07, 6.45) is 1.12. The van der Waals surface area contributed by atoms with Gasteiger partial charge in [-0.25, -0.2) is 0 Å². The van der Waals surface area contributed by atoms with E-state index in [1.54, 1.807) is 7.11 Å². The molecule has 20 heavy (non-hydrogen) atoms. The average molecular weight is 278 g/mol. The Labute approximate surface area is 122 Å². The lowest BCUT2D eigenvalue weighted by Crippen LogP contribution is -2.37. The number of hydrogen-bond donors (Lipinski definition) is 1. The highest BCUT2D eigenvalue weighted by molar-refractivity contribution is 5.35. The maximum absolute atomic E-state index is 5.84. The lowest BCUT2D eigenvalue weighted by atomic mass is 9.96. The van der Waals surface area contributed by atoms with E-state index in [0.717, 1.165) is 51.6 Å². The number of ether oxygens (including phenoxy) is 2. The van der Waals surface area contributed by atoms with Crippen molar-refractivity contribution in [2.24, 2.45) is 5.92 Å². The molecule has 1 atom stereocenters. The summed E-state index contributed by atoms with van der Waals surface area (Å²) in [4.78, 5) is 2.38. The predicted octanol–water partition coefficient (Wildman–Crippen LogP) is 1.41. The minimum absolute atomic E-state index is 0.592. The molecule has 4 heteroatoms. The minimum Gasteiger partial charge on any atom is -0.493 e. The van der Waals surface area contributed by atoms with Gasteiger partial charge in [-0.1, -0.05) is 18.2 Å². The van der Waals surface area contributed by atoms with Gasteiger partial charge in [0.15, 0.2) is 0 Å². The molecule has 4 nitrogen and oxygen atoms in total. The number of para-hydroxylation sites is 1. The summed E-state index contributed by atoms with van der Waals surface area (Å²) < 4.78 is 10.8. The molecule has 0 bridgehead atoms. The number of nitrogens with one attached hydrogen (secondary N) is 1. The quantitative estimate of drug-likeness (QED) is 0.729. The second-order valence-corrected chi connectivity index (χ2v) is 5.49. The average Bonchev–Trinajstić information content (AvgIpc) is 2.47. The van der Waals surface area contributed by atoms with Crippen LogP contribution >= 0.6 is 0 Å². The standard InChI is InChI=1S/C16H26N2O2/c1-18(9-7-17-8-10-19-2)12-14-11-15-5-3-4-6-16(15)20-13-14/h3-6,14,17H,7-13H2,1-2H3. The van der Waals surface area contributed by atoms with Crippen LogP contribution in [-0.2, 0) is 11.2 Å². The Bertz CT molecular complexity index is 398. The van der Waals surface area contributed by atoms with Gasteiger partial charge in [-0.05, 0) is 25.1 Å². The molecule has 112 valence electrons. The highest BCUT2D eigenvalue weighted by Crippen LogP contribution is 2.26. The van der Waals surface area contributed by atoms with Crippen molar-refractivity contribution in [2.45, 2.75) is 6.42 Å². The van der Waals surface area contributed by atoms with E-state index in [2.05, 4.69) is 35.5 Å². The molecule has 1 unspecified atom stereocenters. The molecule has 0 saturated carbocycles. The highest BCUT2D eigenvalue weighted by Gasteiger charge is 2.20. The molecule has 1 aliphatic heterocycles. The zero-order valence-electron chi connectivity index (χ0n) is 12.6. The predicted molar refractivity (Wildman–Crippen MR) is 81.4 cm³/mol. The summed E-state index contributed by atoms with van der Waals surface area (Å²) in [5.41, 5.74) is 1.34. The molecule has 2 rings (SSSR count). The van der Waals surface area contributed by atoms with Crippen LogP contribution in [0.2, 0.25) is 0 Å². The maximum atomic E-state index is 5.84. The van der Waals surface area contributed by atoms with E-state index < -0.39 is 0 Å². The molecule has 1 N–H and O–H groups in total. The Morgan fingerprint density at radius 2 is 2.20 bits per heavy atom. The number of likely N-dealkylation sites (N-methyl/N-ethyl adjacent to an activating group) is 1. The summed E-state index contributed by atoms with van der Waals surface area (Å²) in [6, 6.07) is 8.37. The number of hydrogen-bond acceptors (Lipinski definition) is 4. The van der Waals surface area contributed by atoms with E-state index in [4.69, 9.17) is 9.47 Å². The Balaban J connectivity index is 1.67. The van der Waals surface area contributed by atoms with Crippen molar-refractivity contribution >= 4 is 0 Å². The van der Waals surface area contributed by atoms with Crippen LogP contribution in [0.4, 0.5) is 0 Å². The van der Waals surface area contributed by atoms with Gasteiger partial charge in [0.2, 0.25) is 0 Å². The Morgan fingerprint density at radius 1 is 1.35 bits per heavy atom. The van der Waals surface area contributed by atoms with Gasteiger partial charge in [0.25, 0.3) is 0 Å². The minimum atomic E-state index is 0.592.